The number of para-hydroxylation sites is 1. The summed E-state index contributed by atoms with van der Waals surface area (Å²) >= 11 is 0. The van der Waals surface area contributed by atoms with E-state index in [9.17, 15) is 10.1 Å². The topological polar surface area (TPSA) is 92.3 Å². The van der Waals surface area contributed by atoms with Crippen LogP contribution in [-0.2, 0) is 12.0 Å². The highest BCUT2D eigenvalue weighted by Gasteiger charge is 2.37. The SMILES string of the molecule is COc1cc2c(cc1OC)-c1nnc(-c3ccccc3[N+](=O)[O-])n1C(C)(C)C2. The molecule has 8 nitrogen and oxygen atoms in total. The van der Waals surface area contributed by atoms with Crippen LogP contribution in [0.15, 0.2) is 36.4 Å². The number of hydrogen-bond donors (Lipinski definition) is 0. The van der Waals surface area contributed by atoms with Crippen LogP contribution >= 0.6 is 0 Å². The van der Waals surface area contributed by atoms with Crippen LogP contribution in [0.5, 0.6) is 11.5 Å². The molecule has 1 aromatic heterocycles. The Morgan fingerprint density at radius 1 is 1.04 bits per heavy atom. The van der Waals surface area contributed by atoms with Crippen molar-refractivity contribution in [2.45, 2.75) is 25.8 Å². The van der Waals surface area contributed by atoms with Crippen molar-refractivity contribution >= 4 is 5.69 Å². The molecule has 1 aliphatic rings. The number of benzene rings is 2. The Bertz CT molecular complexity index is 1090. The lowest BCUT2D eigenvalue weighted by atomic mass is 9.86. The van der Waals surface area contributed by atoms with Crippen molar-refractivity contribution < 1.29 is 14.4 Å². The first-order valence-corrected chi connectivity index (χ1v) is 8.82. The molecule has 8 heteroatoms. The van der Waals surface area contributed by atoms with E-state index in [-0.39, 0.29) is 11.2 Å². The number of ether oxygens (including phenoxy) is 2. The van der Waals surface area contributed by atoms with Gasteiger partial charge in [-0.1, -0.05) is 12.1 Å². The fraction of sp³-hybridized carbons (Fsp3) is 0.300. The van der Waals surface area contributed by atoms with Gasteiger partial charge in [0.15, 0.2) is 23.1 Å². The summed E-state index contributed by atoms with van der Waals surface area (Å²) in [4.78, 5) is 11.1. The lowest BCUT2D eigenvalue weighted by Gasteiger charge is -2.35. The predicted octanol–water partition coefficient (Wildman–Crippen LogP) is 3.83. The van der Waals surface area contributed by atoms with Gasteiger partial charge in [-0.25, -0.2) is 0 Å². The molecular weight excluding hydrogens is 360 g/mol. The van der Waals surface area contributed by atoms with E-state index in [1.54, 1.807) is 32.4 Å². The maximum Gasteiger partial charge on any atom is 0.280 e. The highest BCUT2D eigenvalue weighted by molar-refractivity contribution is 5.74. The van der Waals surface area contributed by atoms with Gasteiger partial charge in [0.2, 0.25) is 0 Å². The van der Waals surface area contributed by atoms with E-state index in [4.69, 9.17) is 9.47 Å². The molecule has 3 aromatic rings. The quantitative estimate of drug-likeness (QED) is 0.504. The van der Waals surface area contributed by atoms with Gasteiger partial charge >= 0.3 is 0 Å². The zero-order chi connectivity index (χ0) is 20.1. The number of methoxy groups -OCH3 is 2. The van der Waals surface area contributed by atoms with E-state index in [1.807, 2.05) is 16.7 Å². The third-order valence-electron chi connectivity index (χ3n) is 5.08. The van der Waals surface area contributed by atoms with Crippen LogP contribution < -0.4 is 9.47 Å². The van der Waals surface area contributed by atoms with Gasteiger partial charge in [-0.15, -0.1) is 10.2 Å². The molecule has 28 heavy (non-hydrogen) atoms. The Balaban J connectivity index is 1.98. The van der Waals surface area contributed by atoms with Crippen LogP contribution in [0.4, 0.5) is 5.69 Å². The minimum atomic E-state index is -0.394. The van der Waals surface area contributed by atoms with E-state index in [0.29, 0.717) is 35.1 Å². The summed E-state index contributed by atoms with van der Waals surface area (Å²) in [6.07, 6.45) is 0.696. The smallest absolute Gasteiger partial charge is 0.280 e. The fourth-order valence-electron chi connectivity index (χ4n) is 3.85. The first-order chi connectivity index (χ1) is 13.4. The predicted molar refractivity (Wildman–Crippen MR) is 104 cm³/mol. The lowest BCUT2D eigenvalue weighted by Crippen LogP contribution is -2.34. The second-order valence-corrected chi connectivity index (χ2v) is 7.31. The molecule has 0 fully saturated rings. The van der Waals surface area contributed by atoms with Crippen LogP contribution in [0.2, 0.25) is 0 Å². The normalized spacial score (nSPS) is 14.1. The Kier molecular flexibility index (Phi) is 4.06. The van der Waals surface area contributed by atoms with Crippen molar-refractivity contribution in [1.29, 1.82) is 0 Å². The second-order valence-electron chi connectivity index (χ2n) is 7.31. The monoisotopic (exact) mass is 380 g/mol. The van der Waals surface area contributed by atoms with E-state index < -0.39 is 4.92 Å². The lowest BCUT2D eigenvalue weighted by molar-refractivity contribution is -0.384. The van der Waals surface area contributed by atoms with E-state index >= 15 is 0 Å². The van der Waals surface area contributed by atoms with Gasteiger partial charge in [0.1, 0.15) is 0 Å². The van der Waals surface area contributed by atoms with Crippen LogP contribution in [-0.4, -0.2) is 33.9 Å². The summed E-state index contributed by atoms with van der Waals surface area (Å²) in [5.41, 5.74) is 2.02. The zero-order valence-electron chi connectivity index (χ0n) is 16.1. The van der Waals surface area contributed by atoms with E-state index in [2.05, 4.69) is 24.0 Å². The first kappa shape index (κ1) is 18.0. The summed E-state index contributed by atoms with van der Waals surface area (Å²) < 4.78 is 12.8. The third kappa shape index (κ3) is 2.60. The molecular formula is C20H20N4O4. The number of rotatable bonds is 4. The van der Waals surface area contributed by atoms with Crippen LogP contribution in [0.1, 0.15) is 19.4 Å². The van der Waals surface area contributed by atoms with Crippen molar-refractivity contribution in [3.05, 3.63) is 52.1 Å². The largest absolute Gasteiger partial charge is 0.493 e. The molecule has 0 unspecified atom stereocenters. The van der Waals surface area contributed by atoms with Crippen LogP contribution in [0.3, 0.4) is 0 Å². The maximum absolute atomic E-state index is 11.5. The molecule has 0 amide bonds. The summed E-state index contributed by atoms with van der Waals surface area (Å²) in [6.45, 7) is 4.13. The highest BCUT2D eigenvalue weighted by Crippen LogP contribution is 2.45. The first-order valence-electron chi connectivity index (χ1n) is 8.82. The average Bonchev–Trinajstić information content (AvgIpc) is 3.13. The number of nitro groups is 1. The summed E-state index contributed by atoms with van der Waals surface area (Å²) in [6, 6.07) is 10.4. The van der Waals surface area contributed by atoms with Gasteiger partial charge in [-0.3, -0.25) is 10.1 Å². The molecule has 0 saturated carbocycles. The Hall–Kier alpha value is -3.42. The third-order valence-corrected chi connectivity index (χ3v) is 5.08. The van der Waals surface area contributed by atoms with Crippen molar-refractivity contribution in [3.8, 4) is 34.3 Å². The molecule has 0 N–H and O–H groups in total. The number of fused-ring (bicyclic) bond motifs is 3. The van der Waals surface area contributed by atoms with E-state index in [0.717, 1.165) is 11.1 Å². The van der Waals surface area contributed by atoms with Gasteiger partial charge in [-0.2, -0.15) is 0 Å². The standard InChI is InChI=1S/C20H20N4O4/c1-20(2)11-12-9-16(27-3)17(28-4)10-14(12)19-22-21-18(23(19)20)13-7-5-6-8-15(13)24(25)26/h5-10H,11H2,1-4H3. The molecule has 0 bridgehead atoms. The molecule has 0 spiro atoms. The molecule has 0 aliphatic carbocycles. The van der Waals surface area contributed by atoms with Crippen molar-refractivity contribution in [2.24, 2.45) is 0 Å². The summed E-state index contributed by atoms with van der Waals surface area (Å²) in [5.74, 6) is 2.39. The number of nitrogens with zero attached hydrogens (tertiary/aromatic N) is 4. The Morgan fingerprint density at radius 2 is 1.64 bits per heavy atom. The molecule has 1 aliphatic heterocycles. The van der Waals surface area contributed by atoms with Gasteiger partial charge in [-0.05, 0) is 44.0 Å². The molecule has 4 rings (SSSR count). The second kappa shape index (κ2) is 6.33. The van der Waals surface area contributed by atoms with Gasteiger partial charge in [0, 0.05) is 17.2 Å². The summed E-state index contributed by atoms with van der Waals surface area (Å²) in [5, 5.41) is 20.3. The molecule has 2 heterocycles. The molecule has 0 saturated heterocycles. The summed E-state index contributed by atoms with van der Waals surface area (Å²) in [7, 11) is 3.19. The Labute approximate surface area is 161 Å². The maximum atomic E-state index is 11.5. The van der Waals surface area contributed by atoms with Gasteiger partial charge in [0.05, 0.1) is 24.7 Å². The van der Waals surface area contributed by atoms with Crippen molar-refractivity contribution in [1.82, 2.24) is 14.8 Å². The minimum absolute atomic E-state index is 0.00612. The van der Waals surface area contributed by atoms with Crippen molar-refractivity contribution in [3.63, 3.8) is 0 Å². The molecule has 0 atom stereocenters. The highest BCUT2D eigenvalue weighted by atomic mass is 16.6. The fourth-order valence-corrected chi connectivity index (χ4v) is 3.85. The zero-order valence-corrected chi connectivity index (χ0v) is 16.1. The molecule has 0 radical (unpaired) electrons. The minimum Gasteiger partial charge on any atom is -0.493 e. The molecule has 144 valence electrons. The van der Waals surface area contributed by atoms with Gasteiger partial charge in [0.25, 0.3) is 5.69 Å². The number of hydrogen-bond acceptors (Lipinski definition) is 6. The van der Waals surface area contributed by atoms with E-state index in [1.165, 1.54) is 6.07 Å². The van der Waals surface area contributed by atoms with Gasteiger partial charge < -0.3 is 14.0 Å². The van der Waals surface area contributed by atoms with Crippen molar-refractivity contribution in [2.75, 3.05) is 14.2 Å². The van der Waals surface area contributed by atoms with Crippen LogP contribution in [0, 0.1) is 10.1 Å². The number of aromatic nitrogens is 3. The average molecular weight is 380 g/mol. The number of nitro benzene ring substituents is 1. The van der Waals surface area contributed by atoms with Crippen LogP contribution in [0.25, 0.3) is 22.8 Å². The Morgan fingerprint density at radius 3 is 2.29 bits per heavy atom. The molecule has 2 aromatic carbocycles.